The third-order valence-electron chi connectivity index (χ3n) is 3.74. The number of hydrogen-bond donors (Lipinski definition) is 1. The summed E-state index contributed by atoms with van der Waals surface area (Å²) >= 11 is 1.17. The molecule has 0 unspecified atom stereocenters. The van der Waals surface area contributed by atoms with E-state index in [0.29, 0.717) is 21.3 Å². The zero-order chi connectivity index (χ0) is 19.6. The largest absolute Gasteiger partial charge is 0.478 e. The molecule has 0 saturated carbocycles. The SMILES string of the molecule is CN1C(=O)C(=Cc2ccc([N+](=O)[O-])cc2)SC1=Nc1ccc(C(=O)O)cc1. The number of carbonyl (C=O) groups excluding carboxylic acids is 1. The minimum atomic E-state index is -1.02. The van der Waals surface area contributed by atoms with Gasteiger partial charge in [0, 0.05) is 19.2 Å². The molecule has 0 radical (unpaired) electrons. The Morgan fingerprint density at radius 2 is 1.81 bits per heavy atom. The Labute approximate surface area is 158 Å². The van der Waals surface area contributed by atoms with Crippen molar-refractivity contribution in [2.24, 2.45) is 4.99 Å². The second-order valence-electron chi connectivity index (χ2n) is 5.57. The van der Waals surface area contributed by atoms with Gasteiger partial charge >= 0.3 is 5.97 Å². The molecule has 1 heterocycles. The lowest BCUT2D eigenvalue weighted by Gasteiger charge is -2.07. The van der Waals surface area contributed by atoms with Crippen LogP contribution in [0.5, 0.6) is 0 Å². The fourth-order valence-corrected chi connectivity index (χ4v) is 3.27. The lowest BCUT2D eigenvalue weighted by atomic mass is 10.2. The number of carboxylic acids is 1. The normalized spacial score (nSPS) is 16.9. The fourth-order valence-electron chi connectivity index (χ4n) is 2.28. The van der Waals surface area contributed by atoms with Gasteiger partial charge in [-0.3, -0.25) is 19.8 Å². The van der Waals surface area contributed by atoms with Gasteiger partial charge in [-0.25, -0.2) is 9.79 Å². The van der Waals surface area contributed by atoms with Crippen LogP contribution in [-0.4, -0.2) is 39.0 Å². The predicted octanol–water partition coefficient (Wildman–Crippen LogP) is 3.53. The van der Waals surface area contributed by atoms with Crippen molar-refractivity contribution in [2.45, 2.75) is 0 Å². The first kappa shape index (κ1) is 18.3. The lowest BCUT2D eigenvalue weighted by molar-refractivity contribution is -0.384. The van der Waals surface area contributed by atoms with Crippen LogP contribution in [-0.2, 0) is 4.79 Å². The van der Waals surface area contributed by atoms with E-state index in [1.165, 1.54) is 40.9 Å². The van der Waals surface area contributed by atoms with Gasteiger partial charge in [0.15, 0.2) is 5.17 Å². The zero-order valence-electron chi connectivity index (χ0n) is 14.0. The maximum atomic E-state index is 12.4. The smallest absolute Gasteiger partial charge is 0.335 e. The topological polar surface area (TPSA) is 113 Å². The Kier molecular flexibility index (Phi) is 5.04. The van der Waals surface area contributed by atoms with Crippen LogP contribution in [0.25, 0.3) is 6.08 Å². The predicted molar refractivity (Wildman–Crippen MR) is 102 cm³/mol. The maximum Gasteiger partial charge on any atom is 0.335 e. The lowest BCUT2D eigenvalue weighted by Crippen LogP contribution is -2.23. The van der Waals surface area contributed by atoms with E-state index in [9.17, 15) is 19.7 Å². The molecule has 1 amide bonds. The van der Waals surface area contributed by atoms with Gasteiger partial charge in [-0.15, -0.1) is 0 Å². The number of likely N-dealkylation sites (N-methyl/N-ethyl adjacent to an activating group) is 1. The molecule has 27 heavy (non-hydrogen) atoms. The van der Waals surface area contributed by atoms with E-state index < -0.39 is 10.9 Å². The highest BCUT2D eigenvalue weighted by Gasteiger charge is 2.30. The molecule has 1 saturated heterocycles. The molecule has 1 N–H and O–H groups in total. The molecule has 0 bridgehead atoms. The van der Waals surface area contributed by atoms with E-state index >= 15 is 0 Å². The summed E-state index contributed by atoms with van der Waals surface area (Å²) in [5.74, 6) is -1.26. The number of thioether (sulfide) groups is 1. The fraction of sp³-hybridized carbons (Fsp3) is 0.0556. The number of amidine groups is 1. The van der Waals surface area contributed by atoms with Crippen molar-refractivity contribution in [1.82, 2.24) is 4.90 Å². The standard InChI is InChI=1S/C18H13N3O5S/c1-20-16(22)15(10-11-2-8-14(9-3-11)21(25)26)27-18(20)19-13-6-4-12(5-7-13)17(23)24/h2-10H,1H3,(H,23,24). The van der Waals surface area contributed by atoms with E-state index in [4.69, 9.17) is 5.11 Å². The van der Waals surface area contributed by atoms with Crippen molar-refractivity contribution in [3.05, 3.63) is 74.7 Å². The molecule has 9 heteroatoms. The molecule has 0 aromatic heterocycles. The minimum absolute atomic E-state index is 0.0215. The third-order valence-corrected chi connectivity index (χ3v) is 4.80. The number of non-ortho nitro benzene ring substituents is 1. The van der Waals surface area contributed by atoms with Crippen LogP contribution in [0.3, 0.4) is 0 Å². The summed E-state index contributed by atoms with van der Waals surface area (Å²) in [7, 11) is 1.59. The third kappa shape index (κ3) is 4.04. The number of nitro groups is 1. The van der Waals surface area contributed by atoms with Gasteiger partial charge in [-0.05, 0) is 59.8 Å². The highest BCUT2D eigenvalue weighted by molar-refractivity contribution is 8.18. The van der Waals surface area contributed by atoms with Crippen LogP contribution in [0.4, 0.5) is 11.4 Å². The van der Waals surface area contributed by atoms with E-state index in [1.54, 1.807) is 37.4 Å². The number of carboxylic acid groups (broad SMARTS) is 1. The van der Waals surface area contributed by atoms with Gasteiger partial charge in [0.05, 0.1) is 21.1 Å². The van der Waals surface area contributed by atoms with Crippen LogP contribution < -0.4 is 0 Å². The first-order valence-electron chi connectivity index (χ1n) is 7.69. The average molecular weight is 383 g/mol. The molecule has 0 spiro atoms. The number of rotatable bonds is 4. The number of aliphatic imine (C=N–C) groups is 1. The number of nitro benzene ring substituents is 1. The second kappa shape index (κ2) is 7.42. The van der Waals surface area contributed by atoms with Crippen molar-refractivity contribution < 1.29 is 19.6 Å². The van der Waals surface area contributed by atoms with Gasteiger partial charge in [0.2, 0.25) is 0 Å². The van der Waals surface area contributed by atoms with Gasteiger partial charge in [0.1, 0.15) is 0 Å². The Balaban J connectivity index is 1.83. The molecular formula is C18H13N3O5S. The molecule has 1 fully saturated rings. The quantitative estimate of drug-likeness (QED) is 0.491. The van der Waals surface area contributed by atoms with Gasteiger partial charge in [0.25, 0.3) is 11.6 Å². The molecule has 136 valence electrons. The van der Waals surface area contributed by atoms with E-state index in [-0.39, 0.29) is 17.2 Å². The summed E-state index contributed by atoms with van der Waals surface area (Å²) in [4.78, 5) is 39.7. The Morgan fingerprint density at radius 3 is 2.37 bits per heavy atom. The Morgan fingerprint density at radius 1 is 1.19 bits per heavy atom. The summed E-state index contributed by atoms with van der Waals surface area (Å²) in [5.41, 5.74) is 1.32. The molecule has 1 aliphatic rings. The van der Waals surface area contributed by atoms with Crippen LogP contribution in [0.1, 0.15) is 15.9 Å². The molecule has 2 aromatic rings. The Hall–Kier alpha value is -3.46. The van der Waals surface area contributed by atoms with Crippen molar-refractivity contribution >= 4 is 46.3 Å². The van der Waals surface area contributed by atoms with Crippen molar-refractivity contribution in [2.75, 3.05) is 7.05 Å². The zero-order valence-corrected chi connectivity index (χ0v) is 14.8. The summed E-state index contributed by atoms with van der Waals surface area (Å²) in [6.07, 6.45) is 1.64. The van der Waals surface area contributed by atoms with Gasteiger partial charge in [-0.2, -0.15) is 0 Å². The summed E-state index contributed by atoms with van der Waals surface area (Å²) in [5, 5.41) is 20.1. The molecule has 1 aliphatic heterocycles. The van der Waals surface area contributed by atoms with Crippen molar-refractivity contribution in [3.63, 3.8) is 0 Å². The molecule has 3 rings (SSSR count). The van der Waals surface area contributed by atoms with Crippen LogP contribution >= 0.6 is 11.8 Å². The van der Waals surface area contributed by atoms with E-state index in [0.717, 1.165) is 0 Å². The highest BCUT2D eigenvalue weighted by atomic mass is 32.2. The van der Waals surface area contributed by atoms with Gasteiger partial charge < -0.3 is 5.11 Å². The molecule has 0 atom stereocenters. The number of nitrogens with zero attached hydrogens (tertiary/aromatic N) is 3. The number of amides is 1. The number of aromatic carboxylic acids is 1. The monoisotopic (exact) mass is 383 g/mol. The second-order valence-corrected chi connectivity index (χ2v) is 6.58. The van der Waals surface area contributed by atoms with Gasteiger partial charge in [-0.1, -0.05) is 0 Å². The van der Waals surface area contributed by atoms with Crippen LogP contribution in [0, 0.1) is 10.1 Å². The first-order chi connectivity index (χ1) is 12.8. The number of carbonyl (C=O) groups is 2. The first-order valence-corrected chi connectivity index (χ1v) is 8.51. The maximum absolute atomic E-state index is 12.4. The van der Waals surface area contributed by atoms with E-state index in [1.807, 2.05) is 0 Å². The van der Waals surface area contributed by atoms with Crippen molar-refractivity contribution in [3.8, 4) is 0 Å². The molecule has 8 nitrogen and oxygen atoms in total. The van der Waals surface area contributed by atoms with Crippen LogP contribution in [0.2, 0.25) is 0 Å². The van der Waals surface area contributed by atoms with E-state index in [2.05, 4.69) is 4.99 Å². The summed E-state index contributed by atoms with van der Waals surface area (Å²) in [6, 6.07) is 11.9. The molecule has 2 aromatic carbocycles. The summed E-state index contributed by atoms with van der Waals surface area (Å²) in [6.45, 7) is 0. The number of benzene rings is 2. The number of hydrogen-bond acceptors (Lipinski definition) is 6. The average Bonchev–Trinajstić information content (AvgIpc) is 2.90. The Bertz CT molecular complexity index is 981. The summed E-state index contributed by atoms with van der Waals surface area (Å²) < 4.78 is 0. The van der Waals surface area contributed by atoms with Crippen molar-refractivity contribution in [1.29, 1.82) is 0 Å². The molecular weight excluding hydrogens is 370 g/mol. The van der Waals surface area contributed by atoms with Crippen LogP contribution in [0.15, 0.2) is 58.4 Å². The molecule has 0 aliphatic carbocycles. The highest BCUT2D eigenvalue weighted by Crippen LogP contribution is 2.33. The minimum Gasteiger partial charge on any atom is -0.478 e.